The largest absolute Gasteiger partial charge is 0.444 e. The molecule has 8 heteroatoms. The Balaban J connectivity index is 1.49. The smallest absolute Gasteiger partial charge is 0.407 e. The molecule has 0 aliphatic carbocycles. The van der Waals surface area contributed by atoms with Crippen LogP contribution in [0, 0.1) is 0 Å². The molecule has 2 amide bonds. The molecule has 8 nitrogen and oxygen atoms in total. The molecule has 0 atom stereocenters. The maximum absolute atomic E-state index is 12.7. The first kappa shape index (κ1) is 20.4. The number of aromatic nitrogens is 1. The molecule has 1 N–H and O–H groups in total. The van der Waals surface area contributed by atoms with Crippen LogP contribution in [0.2, 0.25) is 0 Å². The molecule has 0 bridgehead atoms. The molecular formula is C20H30N4O4. The zero-order chi connectivity index (χ0) is 20.1. The van der Waals surface area contributed by atoms with Crippen LogP contribution in [0.3, 0.4) is 0 Å². The third-order valence-corrected chi connectivity index (χ3v) is 4.83. The van der Waals surface area contributed by atoms with Gasteiger partial charge in [-0.25, -0.2) is 9.78 Å². The Bertz CT molecular complexity index is 672. The Hall–Kier alpha value is -2.35. The predicted octanol–water partition coefficient (Wildman–Crippen LogP) is 2.05. The molecule has 0 saturated carbocycles. The van der Waals surface area contributed by atoms with Crippen LogP contribution in [0.4, 0.5) is 10.6 Å². The first-order valence-electron chi connectivity index (χ1n) is 9.89. The highest BCUT2D eigenvalue weighted by Crippen LogP contribution is 2.17. The maximum atomic E-state index is 12.7. The van der Waals surface area contributed by atoms with E-state index in [2.05, 4.69) is 15.2 Å². The molecule has 1 aromatic heterocycles. The first-order valence-corrected chi connectivity index (χ1v) is 9.89. The van der Waals surface area contributed by atoms with E-state index < -0.39 is 11.7 Å². The van der Waals surface area contributed by atoms with Crippen LogP contribution >= 0.6 is 0 Å². The number of morpholine rings is 1. The highest BCUT2D eigenvalue weighted by atomic mass is 16.6. The summed E-state index contributed by atoms with van der Waals surface area (Å²) in [4.78, 5) is 33.1. The molecule has 0 spiro atoms. The van der Waals surface area contributed by atoms with Gasteiger partial charge in [-0.2, -0.15) is 0 Å². The summed E-state index contributed by atoms with van der Waals surface area (Å²) in [6.45, 7) is 9.76. The van der Waals surface area contributed by atoms with Crippen molar-refractivity contribution in [1.82, 2.24) is 15.2 Å². The van der Waals surface area contributed by atoms with Gasteiger partial charge in [-0.1, -0.05) is 0 Å². The van der Waals surface area contributed by atoms with Gasteiger partial charge in [0.1, 0.15) is 11.4 Å². The van der Waals surface area contributed by atoms with Crippen molar-refractivity contribution in [3.8, 4) is 0 Å². The number of amides is 2. The summed E-state index contributed by atoms with van der Waals surface area (Å²) in [5, 5.41) is 2.89. The molecule has 3 heterocycles. The summed E-state index contributed by atoms with van der Waals surface area (Å²) in [6.07, 6.45) is 2.67. The van der Waals surface area contributed by atoms with E-state index in [1.807, 2.05) is 37.8 Å². The summed E-state index contributed by atoms with van der Waals surface area (Å²) in [6, 6.07) is 3.77. The van der Waals surface area contributed by atoms with Crippen LogP contribution in [-0.4, -0.2) is 72.9 Å². The highest BCUT2D eigenvalue weighted by molar-refractivity contribution is 5.94. The molecule has 2 aliphatic heterocycles. The molecule has 3 rings (SSSR count). The van der Waals surface area contributed by atoms with Gasteiger partial charge >= 0.3 is 6.09 Å². The lowest BCUT2D eigenvalue weighted by Crippen LogP contribution is -2.47. The molecule has 2 aliphatic rings. The van der Waals surface area contributed by atoms with Gasteiger partial charge in [-0.05, 0) is 45.7 Å². The number of carbonyl (C=O) groups is 2. The fourth-order valence-electron chi connectivity index (χ4n) is 3.38. The lowest BCUT2D eigenvalue weighted by molar-refractivity contribution is 0.0473. The Morgan fingerprint density at radius 2 is 1.82 bits per heavy atom. The molecule has 0 radical (unpaired) electrons. The van der Waals surface area contributed by atoms with Gasteiger partial charge < -0.3 is 24.6 Å². The molecule has 2 saturated heterocycles. The zero-order valence-electron chi connectivity index (χ0n) is 16.9. The number of anilines is 1. The highest BCUT2D eigenvalue weighted by Gasteiger charge is 2.26. The summed E-state index contributed by atoms with van der Waals surface area (Å²) < 4.78 is 10.6. The van der Waals surface area contributed by atoms with Crippen molar-refractivity contribution in [2.24, 2.45) is 0 Å². The minimum absolute atomic E-state index is 0.0169. The molecule has 28 heavy (non-hydrogen) atoms. The zero-order valence-corrected chi connectivity index (χ0v) is 16.9. The van der Waals surface area contributed by atoms with Crippen LogP contribution in [0.25, 0.3) is 0 Å². The number of nitrogens with one attached hydrogen (secondary N) is 1. The summed E-state index contributed by atoms with van der Waals surface area (Å²) in [7, 11) is 0. The van der Waals surface area contributed by atoms with Crippen LogP contribution < -0.4 is 10.2 Å². The van der Waals surface area contributed by atoms with Gasteiger partial charge in [0.15, 0.2) is 0 Å². The van der Waals surface area contributed by atoms with Gasteiger partial charge in [-0.3, -0.25) is 4.79 Å². The number of rotatable bonds is 3. The number of pyridine rings is 1. The quantitative estimate of drug-likeness (QED) is 0.850. The minimum atomic E-state index is -0.513. The fourth-order valence-corrected chi connectivity index (χ4v) is 3.38. The van der Waals surface area contributed by atoms with Crippen molar-refractivity contribution < 1.29 is 19.1 Å². The molecule has 2 fully saturated rings. The molecule has 1 aromatic rings. The average molecular weight is 390 g/mol. The Morgan fingerprint density at radius 3 is 2.39 bits per heavy atom. The second-order valence-electron chi connectivity index (χ2n) is 8.22. The fraction of sp³-hybridized carbons (Fsp3) is 0.650. The topological polar surface area (TPSA) is 84.0 Å². The average Bonchev–Trinajstić information content (AvgIpc) is 2.67. The number of hydrogen-bond donors (Lipinski definition) is 1. The van der Waals surface area contributed by atoms with Crippen molar-refractivity contribution >= 4 is 17.8 Å². The van der Waals surface area contributed by atoms with Crippen molar-refractivity contribution in [1.29, 1.82) is 0 Å². The summed E-state index contributed by atoms with van der Waals surface area (Å²) in [5.74, 6) is 0.858. The number of ether oxygens (including phenoxy) is 2. The third kappa shape index (κ3) is 5.58. The first-order chi connectivity index (χ1) is 13.3. The van der Waals surface area contributed by atoms with Gasteiger partial charge in [0, 0.05) is 38.4 Å². The Labute approximate surface area is 166 Å². The number of nitrogens with zero attached hydrogens (tertiary/aromatic N) is 3. The third-order valence-electron chi connectivity index (χ3n) is 4.83. The van der Waals surface area contributed by atoms with Crippen molar-refractivity contribution in [2.75, 3.05) is 44.3 Å². The molecule has 0 aromatic carbocycles. The lowest BCUT2D eigenvalue weighted by atomic mass is 10.0. The van der Waals surface area contributed by atoms with E-state index in [4.69, 9.17) is 9.47 Å². The van der Waals surface area contributed by atoms with Gasteiger partial charge in [0.2, 0.25) is 0 Å². The van der Waals surface area contributed by atoms with E-state index in [9.17, 15) is 9.59 Å². The van der Waals surface area contributed by atoms with Crippen LogP contribution in [0.1, 0.15) is 44.0 Å². The van der Waals surface area contributed by atoms with Crippen molar-refractivity contribution in [2.45, 2.75) is 45.3 Å². The van der Waals surface area contributed by atoms with E-state index in [0.29, 0.717) is 44.7 Å². The predicted molar refractivity (Wildman–Crippen MR) is 106 cm³/mol. The maximum Gasteiger partial charge on any atom is 0.407 e. The molecular weight excluding hydrogens is 360 g/mol. The van der Waals surface area contributed by atoms with Crippen molar-refractivity contribution in [3.05, 3.63) is 23.9 Å². The van der Waals surface area contributed by atoms with E-state index >= 15 is 0 Å². The number of carbonyl (C=O) groups excluding carboxylic acids is 2. The number of piperidine rings is 1. The normalized spacial score (nSPS) is 18.7. The standard InChI is InChI=1S/C20H30N4O4/c1-20(2,3)28-19(26)22-16-6-8-24(9-7-16)18(25)15-4-5-17(21-14-15)23-10-12-27-13-11-23/h4-5,14,16H,6-13H2,1-3H3,(H,22,26). The van der Waals surface area contributed by atoms with Crippen LogP contribution in [0.15, 0.2) is 18.3 Å². The SMILES string of the molecule is CC(C)(C)OC(=O)NC1CCN(C(=O)c2ccc(N3CCOCC3)nc2)CC1. The number of alkyl carbamates (subject to hydrolysis) is 1. The molecule has 154 valence electrons. The van der Waals surface area contributed by atoms with Gasteiger partial charge in [0.25, 0.3) is 5.91 Å². The Morgan fingerprint density at radius 1 is 1.14 bits per heavy atom. The second-order valence-corrected chi connectivity index (χ2v) is 8.22. The number of likely N-dealkylation sites (tertiary alicyclic amines) is 1. The summed E-state index contributed by atoms with van der Waals surface area (Å²) >= 11 is 0. The van der Waals surface area contributed by atoms with E-state index in [1.165, 1.54) is 0 Å². The Kier molecular flexibility index (Phi) is 6.39. The van der Waals surface area contributed by atoms with Crippen LogP contribution in [0.5, 0.6) is 0 Å². The monoisotopic (exact) mass is 390 g/mol. The number of hydrogen-bond acceptors (Lipinski definition) is 6. The lowest BCUT2D eigenvalue weighted by Gasteiger charge is -2.33. The molecule has 0 unspecified atom stereocenters. The van der Waals surface area contributed by atoms with E-state index in [1.54, 1.807) is 6.20 Å². The second kappa shape index (κ2) is 8.77. The minimum Gasteiger partial charge on any atom is -0.444 e. The summed E-state index contributed by atoms with van der Waals surface area (Å²) in [5.41, 5.74) is 0.0803. The van der Waals surface area contributed by atoms with Crippen molar-refractivity contribution in [3.63, 3.8) is 0 Å². The van der Waals surface area contributed by atoms with Gasteiger partial charge in [0.05, 0.1) is 18.8 Å². The van der Waals surface area contributed by atoms with Gasteiger partial charge in [-0.15, -0.1) is 0 Å². The van der Waals surface area contributed by atoms with Crippen LogP contribution in [-0.2, 0) is 9.47 Å². The van der Waals surface area contributed by atoms with E-state index in [0.717, 1.165) is 18.9 Å². The van der Waals surface area contributed by atoms with E-state index in [-0.39, 0.29) is 11.9 Å².